The first kappa shape index (κ1) is 22.8. The van der Waals surface area contributed by atoms with Crippen molar-refractivity contribution in [3.63, 3.8) is 0 Å². The van der Waals surface area contributed by atoms with Gasteiger partial charge in [0.15, 0.2) is 5.82 Å². The number of hydrogen-bond acceptors (Lipinski definition) is 8. The van der Waals surface area contributed by atoms with Crippen molar-refractivity contribution in [3.05, 3.63) is 35.9 Å². The van der Waals surface area contributed by atoms with Crippen molar-refractivity contribution in [2.45, 2.75) is 32.3 Å². The highest BCUT2D eigenvalue weighted by molar-refractivity contribution is 5.99. The second-order valence-corrected chi connectivity index (χ2v) is 10.2. The van der Waals surface area contributed by atoms with E-state index >= 15 is 4.39 Å². The molecule has 188 valence electrons. The van der Waals surface area contributed by atoms with E-state index in [4.69, 9.17) is 15.2 Å². The number of likely N-dealkylation sites (tertiary alicyclic amines) is 1. The molecule has 6 rings (SSSR count). The first-order valence-electron chi connectivity index (χ1n) is 12.2. The first-order chi connectivity index (χ1) is 17.3. The number of hydrogen-bond donors (Lipinski definition) is 3. The van der Waals surface area contributed by atoms with Crippen molar-refractivity contribution in [2.75, 3.05) is 49.7 Å². The molecule has 1 spiro atoms. The number of carbonyl (C=O) groups is 1. The van der Waals surface area contributed by atoms with Crippen LogP contribution in [0.1, 0.15) is 24.8 Å². The van der Waals surface area contributed by atoms with Gasteiger partial charge in [-0.3, -0.25) is 5.32 Å². The van der Waals surface area contributed by atoms with Crippen molar-refractivity contribution >= 4 is 34.1 Å². The van der Waals surface area contributed by atoms with Gasteiger partial charge in [-0.05, 0) is 68.3 Å². The van der Waals surface area contributed by atoms with E-state index in [1.807, 2.05) is 6.92 Å². The molecule has 0 unspecified atom stereocenters. The molecule has 4 heterocycles. The molecular weight excluding hydrogens is 463 g/mol. The lowest BCUT2D eigenvalue weighted by Gasteiger charge is -2.44. The van der Waals surface area contributed by atoms with Crippen molar-refractivity contribution in [1.82, 2.24) is 14.9 Å². The maximum absolute atomic E-state index is 15.4. The van der Waals surface area contributed by atoms with Gasteiger partial charge in [0.25, 0.3) is 0 Å². The molecule has 2 aliphatic heterocycles. The molecule has 1 saturated heterocycles. The Balaban J connectivity index is 1.23. The summed E-state index contributed by atoms with van der Waals surface area (Å²) in [7, 11) is 2.12. The van der Waals surface area contributed by atoms with Crippen LogP contribution in [0.3, 0.4) is 0 Å². The summed E-state index contributed by atoms with van der Waals surface area (Å²) in [6.45, 7) is 5.22. The Hall–Kier alpha value is -3.66. The zero-order chi connectivity index (χ0) is 25.0. The summed E-state index contributed by atoms with van der Waals surface area (Å²) in [5.41, 5.74) is 8.95. The number of nitrogen functional groups attached to an aromatic ring is 1. The molecule has 2 aromatic heterocycles. The molecule has 1 saturated carbocycles. The Labute approximate surface area is 208 Å². The number of benzene rings is 1. The molecule has 0 atom stereocenters. The van der Waals surface area contributed by atoms with Gasteiger partial charge in [-0.25, -0.2) is 19.2 Å². The summed E-state index contributed by atoms with van der Waals surface area (Å²) in [4.78, 5) is 23.4. The molecule has 3 aromatic rings. The number of amides is 1. The molecule has 3 aliphatic rings. The van der Waals surface area contributed by atoms with E-state index in [9.17, 15) is 4.79 Å². The molecule has 1 aliphatic carbocycles. The van der Waals surface area contributed by atoms with Crippen LogP contribution in [0.4, 0.5) is 26.4 Å². The molecule has 0 bridgehead atoms. The monoisotopic (exact) mass is 492 g/mol. The van der Waals surface area contributed by atoms with Gasteiger partial charge in [-0.1, -0.05) is 0 Å². The average Bonchev–Trinajstić information content (AvgIpc) is 3.23. The van der Waals surface area contributed by atoms with Gasteiger partial charge in [0, 0.05) is 42.0 Å². The Bertz CT molecular complexity index is 1370. The molecule has 4 N–H and O–H groups in total. The number of halogens is 1. The van der Waals surface area contributed by atoms with Gasteiger partial charge < -0.3 is 25.4 Å². The van der Waals surface area contributed by atoms with Crippen molar-refractivity contribution in [3.8, 4) is 17.0 Å². The van der Waals surface area contributed by atoms with Crippen LogP contribution >= 0.6 is 0 Å². The highest BCUT2D eigenvalue weighted by atomic mass is 19.1. The average molecular weight is 493 g/mol. The second-order valence-electron chi connectivity index (χ2n) is 10.2. The lowest BCUT2D eigenvalue weighted by molar-refractivity contribution is -0.0307. The predicted octanol–water partition coefficient (Wildman–Crippen LogP) is 4.16. The molecule has 36 heavy (non-hydrogen) atoms. The quantitative estimate of drug-likeness (QED) is 0.467. The standard InChI is InChI=1S/C26H29FN6O3/c1-14-18(11-31-24-23(14)29-4-6-35-24)17-7-15-8-20(30-12-19(15)22(28)21(17)27)32-25(34)36-16-9-26(10-16)3-5-33(2)13-26/h7-8,11-12,16,29H,3-6,9-10,13,28H2,1-2H3,(H,30,32,34). The smallest absolute Gasteiger partial charge is 0.413 e. The van der Waals surface area contributed by atoms with Crippen LogP contribution in [-0.4, -0.2) is 60.4 Å². The fourth-order valence-corrected chi connectivity index (χ4v) is 5.82. The van der Waals surface area contributed by atoms with Gasteiger partial charge in [-0.15, -0.1) is 0 Å². The van der Waals surface area contributed by atoms with E-state index in [1.165, 1.54) is 6.20 Å². The number of aromatic nitrogens is 2. The first-order valence-corrected chi connectivity index (χ1v) is 12.2. The number of nitrogens with one attached hydrogen (secondary N) is 2. The van der Waals surface area contributed by atoms with Crippen LogP contribution in [0, 0.1) is 18.2 Å². The van der Waals surface area contributed by atoms with Gasteiger partial charge in [0.2, 0.25) is 5.88 Å². The Kier molecular flexibility index (Phi) is 5.36. The van der Waals surface area contributed by atoms with E-state index in [1.54, 1.807) is 18.3 Å². The topological polar surface area (TPSA) is 115 Å². The number of carbonyl (C=O) groups excluding carboxylic acids is 1. The third kappa shape index (κ3) is 3.85. The van der Waals surface area contributed by atoms with E-state index < -0.39 is 11.9 Å². The summed E-state index contributed by atoms with van der Waals surface area (Å²) in [6, 6.07) is 3.37. The molecule has 1 aromatic carbocycles. The second kappa shape index (κ2) is 8.48. The lowest BCUT2D eigenvalue weighted by Crippen LogP contribution is -2.45. The predicted molar refractivity (Wildman–Crippen MR) is 136 cm³/mol. The third-order valence-corrected chi connectivity index (χ3v) is 7.69. The van der Waals surface area contributed by atoms with Crippen LogP contribution in [0.5, 0.6) is 5.88 Å². The Morgan fingerprint density at radius 2 is 2.14 bits per heavy atom. The van der Waals surface area contributed by atoms with E-state index in [2.05, 4.69) is 32.5 Å². The van der Waals surface area contributed by atoms with Crippen LogP contribution < -0.4 is 21.1 Å². The Morgan fingerprint density at radius 3 is 2.92 bits per heavy atom. The van der Waals surface area contributed by atoms with Crippen LogP contribution in [0.25, 0.3) is 21.9 Å². The normalized spacial score (nSPS) is 23.0. The van der Waals surface area contributed by atoms with Crippen LogP contribution in [0.2, 0.25) is 0 Å². The largest absolute Gasteiger partial charge is 0.474 e. The zero-order valence-corrected chi connectivity index (χ0v) is 20.4. The number of nitrogens with two attached hydrogens (primary N) is 1. The van der Waals surface area contributed by atoms with E-state index in [0.29, 0.717) is 52.2 Å². The highest BCUT2D eigenvalue weighted by Gasteiger charge is 2.49. The maximum atomic E-state index is 15.4. The highest BCUT2D eigenvalue weighted by Crippen LogP contribution is 2.49. The minimum Gasteiger partial charge on any atom is -0.474 e. The van der Waals surface area contributed by atoms with Crippen molar-refractivity contribution in [2.24, 2.45) is 5.41 Å². The zero-order valence-electron chi connectivity index (χ0n) is 20.4. The SMILES string of the molecule is Cc1c(-c2cc3cc(NC(=O)OC4CC5(CCN(C)C5)C4)ncc3c(N)c2F)cnc2c1NCCO2. The lowest BCUT2D eigenvalue weighted by atomic mass is 9.66. The van der Waals surface area contributed by atoms with Crippen molar-refractivity contribution < 1.29 is 18.7 Å². The maximum Gasteiger partial charge on any atom is 0.413 e. The van der Waals surface area contributed by atoms with Gasteiger partial charge in [0.1, 0.15) is 24.2 Å². The molecule has 10 heteroatoms. The number of pyridine rings is 2. The van der Waals surface area contributed by atoms with Gasteiger partial charge in [-0.2, -0.15) is 0 Å². The van der Waals surface area contributed by atoms with E-state index in [-0.39, 0.29) is 11.8 Å². The van der Waals surface area contributed by atoms with Crippen LogP contribution in [-0.2, 0) is 4.74 Å². The Morgan fingerprint density at radius 1 is 1.31 bits per heavy atom. The number of nitrogens with zero attached hydrogens (tertiary/aromatic N) is 3. The van der Waals surface area contributed by atoms with Gasteiger partial charge in [0.05, 0.1) is 5.69 Å². The van der Waals surface area contributed by atoms with Gasteiger partial charge >= 0.3 is 6.09 Å². The minimum absolute atomic E-state index is 0.00764. The summed E-state index contributed by atoms with van der Waals surface area (Å²) in [6.07, 6.45) is 5.38. The number of rotatable bonds is 3. The molecular formula is C26H29FN6O3. The molecule has 0 radical (unpaired) electrons. The van der Waals surface area contributed by atoms with E-state index in [0.717, 1.165) is 43.6 Å². The fourth-order valence-electron chi connectivity index (χ4n) is 5.82. The molecule has 1 amide bonds. The number of anilines is 3. The summed E-state index contributed by atoms with van der Waals surface area (Å²) < 4.78 is 26.6. The summed E-state index contributed by atoms with van der Waals surface area (Å²) in [5.74, 6) is 0.278. The molecule has 2 fully saturated rings. The number of ether oxygens (including phenoxy) is 2. The molecule has 9 nitrogen and oxygen atoms in total. The minimum atomic E-state index is -0.539. The fraction of sp³-hybridized carbons (Fsp3) is 0.423. The van der Waals surface area contributed by atoms with Crippen LogP contribution in [0.15, 0.2) is 24.5 Å². The summed E-state index contributed by atoms with van der Waals surface area (Å²) >= 11 is 0. The summed E-state index contributed by atoms with van der Waals surface area (Å²) in [5, 5.41) is 7.09. The third-order valence-electron chi connectivity index (χ3n) is 7.69. The van der Waals surface area contributed by atoms with Crippen molar-refractivity contribution in [1.29, 1.82) is 0 Å². The number of fused-ring (bicyclic) bond motifs is 2.